The average Bonchev–Trinajstić information content (AvgIpc) is 2.80. The Morgan fingerprint density at radius 1 is 1.39 bits per heavy atom. The minimum Gasteiger partial charge on any atom is -0.353 e. The molecular formula is C15H19F2NO3S2. The van der Waals surface area contributed by atoms with E-state index in [1.807, 2.05) is 0 Å². The first-order chi connectivity index (χ1) is 10.8. The van der Waals surface area contributed by atoms with Gasteiger partial charge in [-0.1, -0.05) is 6.07 Å². The summed E-state index contributed by atoms with van der Waals surface area (Å²) in [6.45, 7) is 1.68. The molecule has 0 saturated carbocycles. The standard InChI is InChI=1S/C15H19F2NO3S2/c1-10(7-12-13(16)3-2-4-14(12)17)18-15(19)8-22-11-5-6-23(20,21)9-11/h2-4,10-11H,5-9H2,1H3,(H,18,19)/t10-,11-/m1/s1. The Labute approximate surface area is 139 Å². The van der Waals surface area contributed by atoms with Crippen LogP contribution in [-0.2, 0) is 21.1 Å². The summed E-state index contributed by atoms with van der Waals surface area (Å²) in [5, 5.41) is 2.63. The number of sulfone groups is 1. The number of carbonyl (C=O) groups excluding carboxylic acids is 1. The second-order valence-corrected chi connectivity index (χ2v) is 9.23. The van der Waals surface area contributed by atoms with E-state index in [1.165, 1.54) is 30.0 Å². The molecule has 1 amide bonds. The topological polar surface area (TPSA) is 63.2 Å². The molecule has 1 heterocycles. The largest absolute Gasteiger partial charge is 0.353 e. The van der Waals surface area contributed by atoms with Crippen molar-refractivity contribution in [1.82, 2.24) is 5.32 Å². The van der Waals surface area contributed by atoms with Crippen molar-refractivity contribution >= 4 is 27.5 Å². The highest BCUT2D eigenvalue weighted by Gasteiger charge is 2.28. The van der Waals surface area contributed by atoms with E-state index in [-0.39, 0.29) is 40.4 Å². The smallest absolute Gasteiger partial charge is 0.230 e. The third kappa shape index (κ3) is 5.46. The number of hydrogen-bond donors (Lipinski definition) is 1. The molecule has 1 aromatic carbocycles. The Balaban J connectivity index is 1.79. The van der Waals surface area contributed by atoms with Crippen LogP contribution in [-0.4, -0.2) is 42.9 Å². The number of nitrogens with one attached hydrogen (secondary N) is 1. The Bertz CT molecular complexity index is 659. The molecule has 1 N–H and O–H groups in total. The Morgan fingerprint density at radius 2 is 2.04 bits per heavy atom. The van der Waals surface area contributed by atoms with Gasteiger partial charge in [0.2, 0.25) is 5.91 Å². The van der Waals surface area contributed by atoms with Gasteiger partial charge in [0, 0.05) is 16.9 Å². The molecule has 0 aromatic heterocycles. The molecule has 2 rings (SSSR count). The van der Waals surface area contributed by atoms with Crippen molar-refractivity contribution in [2.45, 2.75) is 31.1 Å². The molecule has 8 heteroatoms. The first-order valence-electron chi connectivity index (χ1n) is 7.31. The molecule has 4 nitrogen and oxygen atoms in total. The normalized spacial score (nSPS) is 21.1. The van der Waals surface area contributed by atoms with Crippen molar-refractivity contribution < 1.29 is 22.0 Å². The highest BCUT2D eigenvalue weighted by Crippen LogP contribution is 2.24. The van der Waals surface area contributed by atoms with Gasteiger partial charge < -0.3 is 5.32 Å². The van der Waals surface area contributed by atoms with Crippen molar-refractivity contribution in [2.75, 3.05) is 17.3 Å². The fraction of sp³-hybridized carbons (Fsp3) is 0.533. The number of benzene rings is 1. The molecule has 2 atom stereocenters. The fourth-order valence-electron chi connectivity index (χ4n) is 2.49. The number of rotatable bonds is 6. The molecule has 1 aromatic rings. The molecule has 0 spiro atoms. The first kappa shape index (κ1) is 18.2. The Kier molecular flexibility index (Phi) is 6.02. The van der Waals surface area contributed by atoms with Gasteiger partial charge in [0.05, 0.1) is 17.3 Å². The van der Waals surface area contributed by atoms with Crippen LogP contribution in [0.5, 0.6) is 0 Å². The van der Waals surface area contributed by atoms with Crippen LogP contribution in [0.1, 0.15) is 18.9 Å². The zero-order chi connectivity index (χ0) is 17.0. The number of halogens is 2. The second kappa shape index (κ2) is 7.61. The summed E-state index contributed by atoms with van der Waals surface area (Å²) in [6.07, 6.45) is 0.628. The van der Waals surface area contributed by atoms with Gasteiger partial charge in [0.25, 0.3) is 0 Å². The number of carbonyl (C=O) groups is 1. The summed E-state index contributed by atoms with van der Waals surface area (Å²) in [5.74, 6) is -1.09. The number of hydrogen-bond acceptors (Lipinski definition) is 4. The monoisotopic (exact) mass is 363 g/mol. The third-order valence-corrected chi connectivity index (χ3v) is 6.90. The highest BCUT2D eigenvalue weighted by molar-refractivity contribution is 8.02. The van der Waals surface area contributed by atoms with Crippen molar-refractivity contribution in [3.63, 3.8) is 0 Å². The molecule has 1 saturated heterocycles. The molecule has 128 valence electrons. The van der Waals surface area contributed by atoms with Crippen LogP contribution < -0.4 is 5.32 Å². The third-order valence-electron chi connectivity index (χ3n) is 3.62. The lowest BCUT2D eigenvalue weighted by Gasteiger charge is -2.15. The molecule has 0 radical (unpaired) electrons. The molecule has 1 aliphatic heterocycles. The Hall–Kier alpha value is -1.15. The molecule has 0 bridgehead atoms. The SMILES string of the molecule is C[C@H](Cc1c(F)cccc1F)NC(=O)CS[C@@H]1CCS(=O)(=O)C1. The quantitative estimate of drug-likeness (QED) is 0.839. The number of thioether (sulfide) groups is 1. The maximum atomic E-state index is 13.6. The van der Waals surface area contributed by atoms with E-state index < -0.39 is 27.5 Å². The lowest BCUT2D eigenvalue weighted by atomic mass is 10.1. The van der Waals surface area contributed by atoms with E-state index in [2.05, 4.69) is 5.32 Å². The van der Waals surface area contributed by atoms with E-state index in [0.29, 0.717) is 6.42 Å². The van der Waals surface area contributed by atoms with Crippen molar-refractivity contribution in [1.29, 1.82) is 0 Å². The van der Waals surface area contributed by atoms with Crippen LogP contribution in [0.3, 0.4) is 0 Å². The molecular weight excluding hydrogens is 344 g/mol. The number of amides is 1. The van der Waals surface area contributed by atoms with Crippen molar-refractivity contribution in [3.8, 4) is 0 Å². The lowest BCUT2D eigenvalue weighted by Crippen LogP contribution is -2.36. The van der Waals surface area contributed by atoms with Gasteiger partial charge >= 0.3 is 0 Å². The molecule has 1 aliphatic rings. The van der Waals surface area contributed by atoms with E-state index in [4.69, 9.17) is 0 Å². The van der Waals surface area contributed by atoms with Crippen molar-refractivity contribution in [3.05, 3.63) is 35.4 Å². The minimum absolute atomic E-state index is 0.0464. The van der Waals surface area contributed by atoms with Gasteiger partial charge in [-0.2, -0.15) is 0 Å². The van der Waals surface area contributed by atoms with Gasteiger partial charge in [-0.3, -0.25) is 4.79 Å². The van der Waals surface area contributed by atoms with E-state index in [1.54, 1.807) is 6.92 Å². The lowest BCUT2D eigenvalue weighted by molar-refractivity contribution is -0.119. The Morgan fingerprint density at radius 3 is 2.61 bits per heavy atom. The molecule has 23 heavy (non-hydrogen) atoms. The van der Waals surface area contributed by atoms with E-state index in [9.17, 15) is 22.0 Å². The van der Waals surface area contributed by atoms with E-state index >= 15 is 0 Å². The van der Waals surface area contributed by atoms with Gasteiger partial charge in [0.15, 0.2) is 9.84 Å². The van der Waals surface area contributed by atoms with Gasteiger partial charge in [-0.15, -0.1) is 11.8 Å². The minimum atomic E-state index is -2.95. The van der Waals surface area contributed by atoms with Crippen LogP contribution in [0.4, 0.5) is 8.78 Å². The second-order valence-electron chi connectivity index (χ2n) is 5.71. The summed E-state index contributed by atoms with van der Waals surface area (Å²) in [7, 11) is -2.95. The van der Waals surface area contributed by atoms with Crippen molar-refractivity contribution in [2.24, 2.45) is 0 Å². The van der Waals surface area contributed by atoms with Crippen LogP contribution in [0.25, 0.3) is 0 Å². The van der Waals surface area contributed by atoms with E-state index in [0.717, 1.165) is 0 Å². The maximum Gasteiger partial charge on any atom is 0.230 e. The average molecular weight is 363 g/mol. The molecule has 0 unspecified atom stereocenters. The highest BCUT2D eigenvalue weighted by atomic mass is 32.2. The van der Waals surface area contributed by atoms with Crippen LogP contribution >= 0.6 is 11.8 Å². The maximum absolute atomic E-state index is 13.6. The summed E-state index contributed by atoms with van der Waals surface area (Å²) in [4.78, 5) is 11.9. The fourth-order valence-corrected chi connectivity index (χ4v) is 5.94. The zero-order valence-corrected chi connectivity index (χ0v) is 14.4. The summed E-state index contributed by atoms with van der Waals surface area (Å²) < 4.78 is 49.8. The van der Waals surface area contributed by atoms with Gasteiger partial charge in [0.1, 0.15) is 11.6 Å². The van der Waals surface area contributed by atoms with Crippen LogP contribution in [0.2, 0.25) is 0 Å². The molecule has 1 fully saturated rings. The molecule has 0 aliphatic carbocycles. The summed E-state index contributed by atoms with van der Waals surface area (Å²) >= 11 is 1.31. The van der Waals surface area contributed by atoms with Gasteiger partial charge in [-0.25, -0.2) is 17.2 Å². The van der Waals surface area contributed by atoms with Gasteiger partial charge in [-0.05, 0) is 31.9 Å². The summed E-state index contributed by atoms with van der Waals surface area (Å²) in [6, 6.07) is 3.25. The summed E-state index contributed by atoms with van der Waals surface area (Å²) in [5.41, 5.74) is -0.0464. The predicted molar refractivity (Wildman–Crippen MR) is 87.2 cm³/mol. The van der Waals surface area contributed by atoms with Crippen LogP contribution in [0, 0.1) is 11.6 Å². The zero-order valence-electron chi connectivity index (χ0n) is 12.7. The van der Waals surface area contributed by atoms with Crippen LogP contribution in [0.15, 0.2) is 18.2 Å². The first-order valence-corrected chi connectivity index (χ1v) is 10.2. The predicted octanol–water partition coefficient (Wildman–Crippen LogP) is 1.93.